The summed E-state index contributed by atoms with van der Waals surface area (Å²) in [7, 11) is 1.96. The van der Waals surface area contributed by atoms with Gasteiger partial charge < -0.3 is 4.90 Å². The topological polar surface area (TPSA) is 66.8 Å². The number of nitrogens with zero attached hydrogens (tertiary/aromatic N) is 4. The molecule has 0 saturated heterocycles. The summed E-state index contributed by atoms with van der Waals surface area (Å²) in [6.45, 7) is 0. The molecular weight excluding hydrogens is 266 g/mol. The number of para-hydroxylation sites is 1. The van der Waals surface area contributed by atoms with Crippen molar-refractivity contribution in [2.75, 3.05) is 11.9 Å². The second-order valence-electron chi connectivity index (χ2n) is 5.36. The van der Waals surface area contributed by atoms with Gasteiger partial charge in [-0.2, -0.15) is 10.1 Å². The maximum absolute atomic E-state index is 12.2. The van der Waals surface area contributed by atoms with Crippen LogP contribution in [0.4, 0.5) is 5.95 Å². The zero-order valence-corrected chi connectivity index (χ0v) is 11.7. The van der Waals surface area contributed by atoms with Crippen LogP contribution in [0.5, 0.6) is 0 Å². The van der Waals surface area contributed by atoms with Gasteiger partial charge in [0.1, 0.15) is 5.39 Å². The fourth-order valence-electron chi connectivity index (χ4n) is 2.47. The van der Waals surface area contributed by atoms with Gasteiger partial charge in [0.15, 0.2) is 5.65 Å². The van der Waals surface area contributed by atoms with E-state index >= 15 is 0 Å². The standard InChI is InChI=1S/C15H15N5O/c1-19(10-7-8-10)15-17-13-12(14(21)18-15)9-16-20(13)11-5-3-2-4-6-11/h2-6,9-10H,7-8H2,1H3,(H,17,18,21). The second-order valence-corrected chi connectivity index (χ2v) is 5.36. The van der Waals surface area contributed by atoms with Crippen molar-refractivity contribution in [2.24, 2.45) is 0 Å². The monoisotopic (exact) mass is 281 g/mol. The Hall–Kier alpha value is -2.63. The molecule has 1 N–H and O–H groups in total. The third kappa shape index (κ3) is 1.99. The third-order valence-corrected chi connectivity index (χ3v) is 3.86. The van der Waals surface area contributed by atoms with Gasteiger partial charge in [0, 0.05) is 13.1 Å². The van der Waals surface area contributed by atoms with E-state index in [0.29, 0.717) is 23.0 Å². The molecule has 1 aliphatic carbocycles. The average molecular weight is 281 g/mol. The summed E-state index contributed by atoms with van der Waals surface area (Å²) < 4.78 is 1.70. The molecule has 1 aliphatic rings. The van der Waals surface area contributed by atoms with Gasteiger partial charge >= 0.3 is 0 Å². The SMILES string of the molecule is CN(c1nc2c(cnn2-c2ccccc2)c(=O)[nH]1)C1CC1. The summed E-state index contributed by atoms with van der Waals surface area (Å²) in [5.74, 6) is 0.604. The molecule has 6 nitrogen and oxygen atoms in total. The molecule has 1 saturated carbocycles. The molecule has 6 heteroatoms. The van der Waals surface area contributed by atoms with E-state index in [1.54, 1.807) is 10.9 Å². The lowest BCUT2D eigenvalue weighted by Gasteiger charge is -2.16. The lowest BCUT2D eigenvalue weighted by Crippen LogP contribution is -2.25. The van der Waals surface area contributed by atoms with Gasteiger partial charge in [-0.1, -0.05) is 18.2 Å². The minimum absolute atomic E-state index is 0.148. The third-order valence-electron chi connectivity index (χ3n) is 3.86. The van der Waals surface area contributed by atoms with Gasteiger partial charge in [-0.15, -0.1) is 0 Å². The van der Waals surface area contributed by atoms with Crippen LogP contribution in [0.15, 0.2) is 41.3 Å². The largest absolute Gasteiger partial charge is 0.342 e. The number of H-pyrrole nitrogens is 1. The van der Waals surface area contributed by atoms with E-state index in [4.69, 9.17) is 0 Å². The zero-order valence-electron chi connectivity index (χ0n) is 11.7. The van der Waals surface area contributed by atoms with Crippen LogP contribution < -0.4 is 10.5 Å². The molecule has 1 aromatic carbocycles. The Morgan fingerprint density at radius 2 is 2.05 bits per heavy atom. The van der Waals surface area contributed by atoms with E-state index in [1.807, 2.05) is 42.3 Å². The Balaban J connectivity index is 1.91. The molecule has 3 aromatic rings. The first kappa shape index (κ1) is 12.1. The van der Waals surface area contributed by atoms with Gasteiger partial charge in [0.25, 0.3) is 5.56 Å². The van der Waals surface area contributed by atoms with Crippen molar-refractivity contribution < 1.29 is 0 Å². The van der Waals surface area contributed by atoms with Gasteiger partial charge in [0.05, 0.1) is 11.9 Å². The van der Waals surface area contributed by atoms with Crippen LogP contribution in [0.2, 0.25) is 0 Å². The predicted molar refractivity (Wildman–Crippen MR) is 80.9 cm³/mol. The Kier molecular flexibility index (Phi) is 2.57. The van der Waals surface area contributed by atoms with Crippen molar-refractivity contribution in [1.82, 2.24) is 19.7 Å². The normalized spacial score (nSPS) is 14.5. The number of aromatic nitrogens is 4. The minimum atomic E-state index is -0.148. The smallest absolute Gasteiger partial charge is 0.263 e. The van der Waals surface area contributed by atoms with Crippen molar-refractivity contribution >= 4 is 17.0 Å². The van der Waals surface area contributed by atoms with E-state index in [-0.39, 0.29) is 5.56 Å². The van der Waals surface area contributed by atoms with Gasteiger partial charge in [-0.25, -0.2) is 4.68 Å². The number of rotatable bonds is 3. The summed E-state index contributed by atoms with van der Waals surface area (Å²) in [6, 6.07) is 10.2. The summed E-state index contributed by atoms with van der Waals surface area (Å²) in [6.07, 6.45) is 3.86. The molecule has 106 valence electrons. The Morgan fingerprint density at radius 3 is 2.76 bits per heavy atom. The first-order chi connectivity index (χ1) is 10.2. The molecule has 0 radical (unpaired) electrons. The van der Waals surface area contributed by atoms with Crippen LogP contribution in [0.1, 0.15) is 12.8 Å². The van der Waals surface area contributed by atoms with Crippen LogP contribution in [0.3, 0.4) is 0 Å². The van der Waals surface area contributed by atoms with Crippen molar-refractivity contribution in [1.29, 1.82) is 0 Å². The summed E-state index contributed by atoms with van der Waals surface area (Å²) >= 11 is 0. The highest BCUT2D eigenvalue weighted by Crippen LogP contribution is 2.28. The van der Waals surface area contributed by atoms with Crippen LogP contribution in [0, 0.1) is 0 Å². The van der Waals surface area contributed by atoms with Gasteiger partial charge in [-0.05, 0) is 25.0 Å². The highest BCUT2D eigenvalue weighted by atomic mass is 16.1. The van der Waals surface area contributed by atoms with Crippen LogP contribution in [0.25, 0.3) is 16.7 Å². The molecule has 0 spiro atoms. The van der Waals surface area contributed by atoms with Crippen LogP contribution in [-0.2, 0) is 0 Å². The molecule has 2 heterocycles. The second kappa shape index (κ2) is 4.44. The maximum atomic E-state index is 12.2. The first-order valence-corrected chi connectivity index (χ1v) is 7.00. The predicted octanol–water partition coefficient (Wildman–Crippen LogP) is 1.71. The lowest BCUT2D eigenvalue weighted by molar-refractivity contribution is 0.848. The fourth-order valence-corrected chi connectivity index (χ4v) is 2.47. The minimum Gasteiger partial charge on any atom is -0.342 e. The first-order valence-electron chi connectivity index (χ1n) is 7.00. The Labute approximate surface area is 121 Å². The molecule has 0 amide bonds. The number of hydrogen-bond acceptors (Lipinski definition) is 4. The van der Waals surface area contributed by atoms with Crippen LogP contribution >= 0.6 is 0 Å². The summed E-state index contributed by atoms with van der Waals surface area (Å²) in [5.41, 5.74) is 1.34. The Bertz CT molecular complexity index is 847. The molecular formula is C15H15N5O. The number of benzene rings is 1. The Morgan fingerprint density at radius 1 is 1.29 bits per heavy atom. The molecule has 0 atom stereocenters. The molecule has 21 heavy (non-hydrogen) atoms. The highest BCUT2D eigenvalue weighted by Gasteiger charge is 2.28. The van der Waals surface area contributed by atoms with Crippen molar-refractivity contribution in [3.8, 4) is 5.69 Å². The zero-order chi connectivity index (χ0) is 14.4. The molecule has 4 rings (SSSR count). The van der Waals surface area contributed by atoms with Gasteiger partial charge in [-0.3, -0.25) is 9.78 Å². The lowest BCUT2D eigenvalue weighted by atomic mass is 10.3. The number of anilines is 1. The van der Waals surface area contributed by atoms with Crippen molar-refractivity contribution in [3.05, 3.63) is 46.9 Å². The summed E-state index contributed by atoms with van der Waals surface area (Å²) in [4.78, 5) is 21.7. The van der Waals surface area contributed by atoms with E-state index in [2.05, 4.69) is 15.1 Å². The maximum Gasteiger partial charge on any atom is 0.263 e. The molecule has 0 unspecified atom stereocenters. The van der Waals surface area contributed by atoms with Crippen molar-refractivity contribution in [2.45, 2.75) is 18.9 Å². The van der Waals surface area contributed by atoms with Gasteiger partial charge in [0.2, 0.25) is 5.95 Å². The molecule has 0 bridgehead atoms. The molecule has 0 aliphatic heterocycles. The van der Waals surface area contributed by atoms with E-state index < -0.39 is 0 Å². The number of aromatic amines is 1. The van der Waals surface area contributed by atoms with Crippen LogP contribution in [-0.4, -0.2) is 32.8 Å². The van der Waals surface area contributed by atoms with E-state index in [1.165, 1.54) is 0 Å². The van der Waals surface area contributed by atoms with Crippen molar-refractivity contribution in [3.63, 3.8) is 0 Å². The highest BCUT2D eigenvalue weighted by molar-refractivity contribution is 5.76. The van der Waals surface area contributed by atoms with E-state index in [0.717, 1.165) is 18.5 Å². The van der Waals surface area contributed by atoms with E-state index in [9.17, 15) is 4.79 Å². The number of fused-ring (bicyclic) bond motifs is 1. The molecule has 2 aromatic heterocycles. The fraction of sp³-hybridized carbons (Fsp3) is 0.267. The quantitative estimate of drug-likeness (QED) is 0.793. The summed E-state index contributed by atoms with van der Waals surface area (Å²) in [5, 5.41) is 4.81. The number of hydrogen-bond donors (Lipinski definition) is 1. The number of nitrogens with one attached hydrogen (secondary N) is 1. The molecule has 1 fully saturated rings. The average Bonchev–Trinajstić information content (AvgIpc) is 3.27.